The van der Waals surface area contributed by atoms with Crippen LogP contribution in [0.2, 0.25) is 0 Å². The van der Waals surface area contributed by atoms with E-state index in [1.807, 2.05) is 4.90 Å². The standard InChI is InChI=1S/C15H19F3N4O2/c16-15(17,18)10-21-9-11(19-20-21)12(23)22-6-3-13(14(22)1-2-14)4-7-24-8-5-13/h9H,1-8,10H2. The molecule has 0 radical (unpaired) electrons. The van der Waals surface area contributed by atoms with E-state index in [-0.39, 0.29) is 22.6 Å². The maximum absolute atomic E-state index is 12.8. The Kier molecular flexibility index (Phi) is 3.42. The lowest BCUT2D eigenvalue weighted by Crippen LogP contribution is -2.47. The molecule has 24 heavy (non-hydrogen) atoms. The van der Waals surface area contributed by atoms with Crippen LogP contribution in [0.3, 0.4) is 0 Å². The van der Waals surface area contributed by atoms with E-state index in [0.29, 0.717) is 24.4 Å². The lowest BCUT2D eigenvalue weighted by atomic mass is 9.72. The minimum atomic E-state index is -4.38. The summed E-state index contributed by atoms with van der Waals surface area (Å²) < 4.78 is 43.4. The van der Waals surface area contributed by atoms with Gasteiger partial charge in [-0.3, -0.25) is 4.79 Å². The Hall–Kier alpha value is -1.64. The average molecular weight is 344 g/mol. The van der Waals surface area contributed by atoms with Gasteiger partial charge in [-0.2, -0.15) is 13.2 Å². The van der Waals surface area contributed by atoms with Crippen molar-refractivity contribution in [2.45, 2.75) is 50.4 Å². The van der Waals surface area contributed by atoms with Gasteiger partial charge in [0.1, 0.15) is 6.54 Å². The number of halogens is 3. The van der Waals surface area contributed by atoms with Gasteiger partial charge in [0.2, 0.25) is 0 Å². The van der Waals surface area contributed by atoms with Crippen LogP contribution in [0.25, 0.3) is 0 Å². The van der Waals surface area contributed by atoms with Crippen molar-refractivity contribution >= 4 is 5.91 Å². The second-order valence-corrected chi connectivity index (χ2v) is 7.05. The largest absolute Gasteiger partial charge is 0.408 e. The zero-order chi connectivity index (χ0) is 17.0. The molecular weight excluding hydrogens is 325 g/mol. The van der Waals surface area contributed by atoms with Crippen molar-refractivity contribution in [3.8, 4) is 0 Å². The fourth-order valence-corrected chi connectivity index (χ4v) is 4.55. The predicted molar refractivity (Wildman–Crippen MR) is 76.2 cm³/mol. The molecule has 0 unspecified atom stereocenters. The van der Waals surface area contributed by atoms with Crippen LogP contribution in [0.15, 0.2) is 6.20 Å². The monoisotopic (exact) mass is 344 g/mol. The van der Waals surface area contributed by atoms with Gasteiger partial charge in [0.05, 0.1) is 6.20 Å². The van der Waals surface area contributed by atoms with Crippen molar-refractivity contribution in [3.05, 3.63) is 11.9 Å². The number of aromatic nitrogens is 3. The molecule has 0 aromatic carbocycles. The summed E-state index contributed by atoms with van der Waals surface area (Å²) in [6.07, 6.45) is 1.44. The molecule has 6 nitrogen and oxygen atoms in total. The Morgan fingerprint density at radius 2 is 1.92 bits per heavy atom. The second-order valence-electron chi connectivity index (χ2n) is 7.05. The minimum Gasteiger partial charge on any atom is -0.381 e. The molecule has 0 N–H and O–H groups in total. The van der Waals surface area contributed by atoms with E-state index in [1.54, 1.807) is 0 Å². The average Bonchev–Trinajstić information content (AvgIpc) is 3.12. The van der Waals surface area contributed by atoms with E-state index in [1.165, 1.54) is 0 Å². The molecule has 132 valence electrons. The number of carbonyl (C=O) groups excluding carboxylic acids is 1. The molecule has 1 aromatic rings. The molecule has 1 amide bonds. The van der Waals surface area contributed by atoms with Gasteiger partial charge in [-0.25, -0.2) is 4.68 Å². The van der Waals surface area contributed by atoms with Crippen molar-refractivity contribution in [2.24, 2.45) is 5.41 Å². The highest BCUT2D eigenvalue weighted by Crippen LogP contribution is 2.64. The van der Waals surface area contributed by atoms with Crippen molar-refractivity contribution in [1.29, 1.82) is 0 Å². The third-order valence-corrected chi connectivity index (χ3v) is 5.84. The van der Waals surface area contributed by atoms with E-state index in [4.69, 9.17) is 4.74 Å². The van der Waals surface area contributed by atoms with Crippen LogP contribution in [0.5, 0.6) is 0 Å². The van der Waals surface area contributed by atoms with Crippen LogP contribution in [0.4, 0.5) is 13.2 Å². The third kappa shape index (κ3) is 2.40. The molecule has 4 rings (SSSR count). The van der Waals surface area contributed by atoms with E-state index in [9.17, 15) is 18.0 Å². The maximum Gasteiger partial charge on any atom is 0.408 e. The van der Waals surface area contributed by atoms with Gasteiger partial charge in [-0.1, -0.05) is 5.21 Å². The molecule has 3 heterocycles. The zero-order valence-electron chi connectivity index (χ0n) is 13.2. The van der Waals surface area contributed by atoms with Crippen molar-refractivity contribution in [2.75, 3.05) is 19.8 Å². The Labute approximate surface area is 136 Å². The Balaban J connectivity index is 1.53. The summed E-state index contributed by atoms with van der Waals surface area (Å²) in [5, 5.41) is 7.11. The number of hydrogen-bond acceptors (Lipinski definition) is 4. The van der Waals surface area contributed by atoms with Crippen LogP contribution >= 0.6 is 0 Å². The number of amides is 1. The molecule has 3 fully saturated rings. The van der Waals surface area contributed by atoms with Crippen molar-refractivity contribution in [1.82, 2.24) is 19.9 Å². The second kappa shape index (κ2) is 5.18. The Morgan fingerprint density at radius 1 is 1.21 bits per heavy atom. The molecule has 2 aliphatic heterocycles. The van der Waals surface area contributed by atoms with E-state index < -0.39 is 12.7 Å². The Bertz CT molecular complexity index is 647. The van der Waals surface area contributed by atoms with Gasteiger partial charge in [-0.05, 0) is 37.5 Å². The quantitative estimate of drug-likeness (QED) is 0.824. The number of fused-ring (bicyclic) bond motifs is 1. The summed E-state index contributed by atoms with van der Waals surface area (Å²) in [6, 6.07) is 0. The first kappa shape index (κ1) is 15.9. The summed E-state index contributed by atoms with van der Waals surface area (Å²) in [4.78, 5) is 14.6. The first-order valence-electron chi connectivity index (χ1n) is 8.22. The first-order chi connectivity index (χ1) is 11.4. The van der Waals surface area contributed by atoms with Crippen LogP contribution in [-0.2, 0) is 11.3 Å². The van der Waals surface area contributed by atoms with Crippen LogP contribution in [0.1, 0.15) is 42.6 Å². The molecule has 1 saturated carbocycles. The number of carbonyl (C=O) groups is 1. The molecular formula is C15H19F3N4O2. The molecule has 1 aliphatic carbocycles. The molecule has 2 spiro atoms. The highest BCUT2D eigenvalue weighted by Gasteiger charge is 2.67. The number of alkyl halides is 3. The van der Waals surface area contributed by atoms with Crippen LogP contribution < -0.4 is 0 Å². The minimum absolute atomic E-state index is 0.00497. The molecule has 0 atom stereocenters. The molecule has 2 saturated heterocycles. The van der Waals surface area contributed by atoms with Gasteiger partial charge in [0, 0.05) is 25.3 Å². The van der Waals surface area contributed by atoms with E-state index >= 15 is 0 Å². The first-order valence-corrected chi connectivity index (χ1v) is 8.22. The smallest absolute Gasteiger partial charge is 0.381 e. The zero-order valence-corrected chi connectivity index (χ0v) is 13.2. The number of ether oxygens (including phenoxy) is 1. The predicted octanol–water partition coefficient (Wildman–Crippen LogP) is 2.02. The lowest BCUT2D eigenvalue weighted by Gasteiger charge is -2.41. The maximum atomic E-state index is 12.8. The Morgan fingerprint density at radius 3 is 2.54 bits per heavy atom. The summed E-state index contributed by atoms with van der Waals surface area (Å²) in [6.45, 7) is 0.821. The van der Waals surface area contributed by atoms with Gasteiger partial charge >= 0.3 is 6.18 Å². The number of likely N-dealkylation sites (tertiary alicyclic amines) is 1. The van der Waals surface area contributed by atoms with Crippen molar-refractivity contribution in [3.63, 3.8) is 0 Å². The fraction of sp³-hybridized carbons (Fsp3) is 0.800. The number of nitrogens with zero attached hydrogens (tertiary/aromatic N) is 4. The molecule has 3 aliphatic rings. The summed E-state index contributed by atoms with van der Waals surface area (Å²) in [5.74, 6) is -0.302. The van der Waals surface area contributed by atoms with E-state index in [0.717, 1.165) is 38.3 Å². The van der Waals surface area contributed by atoms with Gasteiger partial charge in [0.15, 0.2) is 5.69 Å². The lowest BCUT2D eigenvalue weighted by molar-refractivity contribution is -0.142. The molecule has 0 bridgehead atoms. The summed E-state index contributed by atoms with van der Waals surface area (Å²) in [5.41, 5.74) is -0.0560. The van der Waals surface area contributed by atoms with Crippen LogP contribution in [0, 0.1) is 5.41 Å². The highest BCUT2D eigenvalue weighted by molar-refractivity contribution is 5.93. The normalized spacial score (nSPS) is 24.7. The fourth-order valence-electron chi connectivity index (χ4n) is 4.55. The summed E-state index contributed by atoms with van der Waals surface area (Å²) >= 11 is 0. The highest BCUT2D eigenvalue weighted by atomic mass is 19.4. The van der Waals surface area contributed by atoms with Gasteiger partial charge in [-0.15, -0.1) is 5.10 Å². The number of hydrogen-bond donors (Lipinski definition) is 0. The topological polar surface area (TPSA) is 60.2 Å². The van der Waals surface area contributed by atoms with E-state index in [2.05, 4.69) is 10.3 Å². The van der Waals surface area contributed by atoms with Crippen molar-refractivity contribution < 1.29 is 22.7 Å². The third-order valence-electron chi connectivity index (χ3n) is 5.84. The van der Waals surface area contributed by atoms with Gasteiger partial charge < -0.3 is 9.64 Å². The molecule has 9 heteroatoms. The SMILES string of the molecule is O=C(c1cn(CC(F)(F)F)nn1)N1CCC2(CCOCC2)C12CC2. The van der Waals surface area contributed by atoms with Crippen LogP contribution in [-0.4, -0.2) is 57.3 Å². The number of rotatable bonds is 2. The summed E-state index contributed by atoms with van der Waals surface area (Å²) in [7, 11) is 0. The van der Waals surface area contributed by atoms with Gasteiger partial charge in [0.25, 0.3) is 5.91 Å². The molecule has 1 aromatic heterocycles.